The standard InChI is InChI=1S/C40H64N9O6P/c41-35(37(51)16-8-27-56(52,53)54)18-17-33(50)13-7-24-49-25-19-31(20-26-49)46-39-34-14-4-5-15-36(34)47-40(48-39)44-28-38-45-32(29-55-38)12-6-21-42-22-9-23-43-30-10-2-1-3-11-30/h4-5,14-15,29-31,35,42-43H,1-3,6-13,16-28,41H2,(H2,52,53,54)(H2,44,46,47,48)/t35-/m0/s1. The van der Waals surface area contributed by atoms with E-state index in [1.807, 2.05) is 24.3 Å². The lowest BCUT2D eigenvalue weighted by atomic mass is 9.95. The lowest BCUT2D eigenvalue weighted by Crippen LogP contribution is -2.39. The minimum absolute atomic E-state index is 0.0124. The van der Waals surface area contributed by atoms with E-state index in [0.29, 0.717) is 24.8 Å². The van der Waals surface area contributed by atoms with Crippen LogP contribution in [0.3, 0.4) is 0 Å². The third kappa shape index (κ3) is 15.9. The lowest BCUT2D eigenvalue weighted by Gasteiger charge is -2.32. The van der Waals surface area contributed by atoms with Crippen molar-refractivity contribution in [3.63, 3.8) is 0 Å². The van der Waals surface area contributed by atoms with Crippen LogP contribution >= 0.6 is 7.60 Å². The van der Waals surface area contributed by atoms with Gasteiger partial charge in [0.15, 0.2) is 0 Å². The minimum atomic E-state index is -4.13. The van der Waals surface area contributed by atoms with Gasteiger partial charge in [-0.1, -0.05) is 31.4 Å². The summed E-state index contributed by atoms with van der Waals surface area (Å²) < 4.78 is 16.7. The molecular formula is C40H64N9O6P. The van der Waals surface area contributed by atoms with Crippen LogP contribution in [0, 0.1) is 0 Å². The number of hydrogen-bond acceptors (Lipinski definition) is 13. The first-order chi connectivity index (χ1) is 27.1. The molecule has 3 heterocycles. The smallest absolute Gasteiger partial charge is 0.325 e. The van der Waals surface area contributed by atoms with Gasteiger partial charge >= 0.3 is 7.60 Å². The summed E-state index contributed by atoms with van der Waals surface area (Å²) in [4.78, 5) is 59.2. The Morgan fingerprint density at radius 1 is 0.911 bits per heavy atom. The number of nitrogens with zero attached hydrogens (tertiary/aromatic N) is 4. The fourth-order valence-electron chi connectivity index (χ4n) is 7.55. The van der Waals surface area contributed by atoms with Gasteiger partial charge in [-0.3, -0.25) is 14.2 Å². The molecule has 0 radical (unpaired) electrons. The SMILES string of the molecule is N[C@@H](CCC(=O)CCCN1CCC(Nc2nc(NCc3nc(CCCNCCCNC4CCCCC4)co3)nc3ccccc23)CC1)C(=O)CCCP(=O)(O)O. The van der Waals surface area contributed by atoms with Crippen molar-refractivity contribution in [1.82, 2.24) is 30.5 Å². The second-order valence-electron chi connectivity index (χ2n) is 15.5. The number of hydrogen-bond donors (Lipinski definition) is 7. The number of oxazole rings is 1. The predicted octanol–water partition coefficient (Wildman–Crippen LogP) is 4.92. The van der Waals surface area contributed by atoms with Crippen molar-refractivity contribution in [2.75, 3.05) is 56.1 Å². The molecule has 2 aliphatic rings. The Hall–Kier alpha value is -3.30. The zero-order valence-corrected chi connectivity index (χ0v) is 33.8. The number of piperidine rings is 1. The summed E-state index contributed by atoms with van der Waals surface area (Å²) in [5, 5.41) is 15.2. The lowest BCUT2D eigenvalue weighted by molar-refractivity contribution is -0.121. The Morgan fingerprint density at radius 3 is 2.50 bits per heavy atom. The van der Waals surface area contributed by atoms with Crippen molar-refractivity contribution in [3.05, 3.63) is 42.1 Å². The summed E-state index contributed by atoms with van der Waals surface area (Å²) in [6.07, 6.45) is 14.9. The number of aromatic nitrogens is 3. The highest BCUT2D eigenvalue weighted by Gasteiger charge is 2.22. The number of nitrogens with one attached hydrogen (secondary N) is 4. The number of anilines is 2. The zero-order valence-electron chi connectivity index (χ0n) is 32.9. The zero-order chi connectivity index (χ0) is 39.6. The Bertz CT molecular complexity index is 1690. The Kier molecular flexibility index (Phi) is 18.1. The van der Waals surface area contributed by atoms with Crippen LogP contribution in [0.4, 0.5) is 11.8 Å². The summed E-state index contributed by atoms with van der Waals surface area (Å²) >= 11 is 0. The number of rotatable bonds is 26. The number of benzene rings is 1. The van der Waals surface area contributed by atoms with Crippen LogP contribution in [0.5, 0.6) is 0 Å². The maximum atomic E-state index is 12.5. The molecular weight excluding hydrogens is 733 g/mol. The molecule has 1 aliphatic heterocycles. The fourth-order valence-corrected chi connectivity index (χ4v) is 8.12. The molecule has 0 spiro atoms. The first-order valence-corrected chi connectivity index (χ1v) is 22.6. The summed E-state index contributed by atoms with van der Waals surface area (Å²) in [7, 11) is -4.13. The van der Waals surface area contributed by atoms with Crippen LogP contribution in [-0.4, -0.2) is 105 Å². The fraction of sp³-hybridized carbons (Fsp3) is 0.675. The van der Waals surface area contributed by atoms with E-state index in [-0.39, 0.29) is 49.5 Å². The molecule has 0 unspecified atom stereocenters. The number of Topliss-reactive ketones (excluding diaryl/α,β-unsaturated/α-hetero) is 2. The van der Waals surface area contributed by atoms with Crippen molar-refractivity contribution in [3.8, 4) is 0 Å². The molecule has 1 atom stereocenters. The van der Waals surface area contributed by atoms with E-state index in [9.17, 15) is 14.2 Å². The van der Waals surface area contributed by atoms with E-state index in [4.69, 9.17) is 29.9 Å². The monoisotopic (exact) mass is 797 g/mol. The minimum Gasteiger partial charge on any atom is -0.447 e. The molecule has 5 rings (SSSR count). The molecule has 2 fully saturated rings. The van der Waals surface area contributed by atoms with Crippen LogP contribution < -0.4 is 27.0 Å². The highest BCUT2D eigenvalue weighted by Crippen LogP contribution is 2.35. The van der Waals surface area contributed by atoms with Gasteiger partial charge in [0.2, 0.25) is 11.8 Å². The van der Waals surface area contributed by atoms with E-state index < -0.39 is 13.6 Å². The van der Waals surface area contributed by atoms with Gasteiger partial charge in [-0.15, -0.1) is 0 Å². The molecule has 310 valence electrons. The third-order valence-electron chi connectivity index (χ3n) is 10.8. The van der Waals surface area contributed by atoms with Gasteiger partial charge < -0.3 is 46.1 Å². The first kappa shape index (κ1) is 43.8. The van der Waals surface area contributed by atoms with Gasteiger partial charge in [0.05, 0.1) is 30.0 Å². The molecule has 1 saturated carbocycles. The van der Waals surface area contributed by atoms with Gasteiger partial charge in [0.1, 0.15) is 23.6 Å². The van der Waals surface area contributed by atoms with E-state index >= 15 is 0 Å². The Labute approximate surface area is 331 Å². The molecule has 1 aromatic carbocycles. The number of para-hydroxylation sites is 1. The number of ketones is 2. The molecule has 1 aliphatic carbocycles. The second-order valence-corrected chi connectivity index (χ2v) is 17.3. The number of carbonyl (C=O) groups is 2. The topological polar surface area (TPSA) is 221 Å². The normalized spacial score (nSPS) is 16.6. The van der Waals surface area contributed by atoms with Crippen LogP contribution in [0.2, 0.25) is 0 Å². The van der Waals surface area contributed by atoms with E-state index in [0.717, 1.165) is 106 Å². The summed E-state index contributed by atoms with van der Waals surface area (Å²) in [6, 6.07) is 8.19. The largest absolute Gasteiger partial charge is 0.447 e. The highest BCUT2D eigenvalue weighted by atomic mass is 31.2. The Balaban J connectivity index is 0.967. The van der Waals surface area contributed by atoms with Gasteiger partial charge in [0, 0.05) is 49.8 Å². The second kappa shape index (κ2) is 23.2. The average molecular weight is 798 g/mol. The highest BCUT2D eigenvalue weighted by molar-refractivity contribution is 7.51. The van der Waals surface area contributed by atoms with E-state index in [1.54, 1.807) is 6.26 Å². The molecule has 8 N–H and O–H groups in total. The van der Waals surface area contributed by atoms with Crippen molar-refractivity contribution >= 4 is 41.8 Å². The average Bonchev–Trinajstić information content (AvgIpc) is 3.65. The van der Waals surface area contributed by atoms with Crippen LogP contribution in [0.1, 0.15) is 108 Å². The van der Waals surface area contributed by atoms with Crippen molar-refractivity contribution in [2.45, 2.75) is 127 Å². The van der Waals surface area contributed by atoms with Crippen LogP contribution in [0.25, 0.3) is 10.9 Å². The molecule has 15 nitrogen and oxygen atoms in total. The predicted molar refractivity (Wildman–Crippen MR) is 220 cm³/mol. The first-order valence-electron chi connectivity index (χ1n) is 20.8. The molecule has 56 heavy (non-hydrogen) atoms. The molecule has 0 bridgehead atoms. The third-order valence-corrected chi connectivity index (χ3v) is 11.7. The number of carbonyl (C=O) groups excluding carboxylic acids is 2. The number of aryl methyl sites for hydroxylation is 1. The van der Waals surface area contributed by atoms with Gasteiger partial charge in [-0.05, 0) is 103 Å². The van der Waals surface area contributed by atoms with Gasteiger partial charge in [-0.2, -0.15) is 4.98 Å². The van der Waals surface area contributed by atoms with Crippen LogP contribution in [-0.2, 0) is 27.1 Å². The maximum Gasteiger partial charge on any atom is 0.325 e. The van der Waals surface area contributed by atoms with Crippen molar-refractivity contribution in [1.29, 1.82) is 0 Å². The molecule has 16 heteroatoms. The van der Waals surface area contributed by atoms with Gasteiger partial charge in [-0.25, -0.2) is 9.97 Å². The molecule has 0 amide bonds. The number of likely N-dealkylation sites (tertiary alicyclic amines) is 1. The van der Waals surface area contributed by atoms with E-state index in [2.05, 4.69) is 31.2 Å². The summed E-state index contributed by atoms with van der Waals surface area (Å²) in [5.74, 6) is 1.73. The summed E-state index contributed by atoms with van der Waals surface area (Å²) in [6.45, 7) is 6.11. The number of fused-ring (bicyclic) bond motifs is 1. The van der Waals surface area contributed by atoms with E-state index in [1.165, 1.54) is 32.1 Å². The van der Waals surface area contributed by atoms with Crippen molar-refractivity contribution < 1.29 is 28.4 Å². The number of nitrogens with two attached hydrogens (primary N) is 1. The maximum absolute atomic E-state index is 12.5. The van der Waals surface area contributed by atoms with Gasteiger partial charge in [0.25, 0.3) is 0 Å². The summed E-state index contributed by atoms with van der Waals surface area (Å²) in [5.41, 5.74) is 7.72. The molecule has 3 aromatic rings. The Morgan fingerprint density at radius 2 is 1.70 bits per heavy atom. The van der Waals surface area contributed by atoms with Crippen LogP contribution in [0.15, 0.2) is 34.9 Å². The quantitative estimate of drug-likeness (QED) is 0.0423. The molecule has 1 saturated heterocycles. The molecule has 2 aromatic heterocycles. The van der Waals surface area contributed by atoms with Crippen molar-refractivity contribution in [2.24, 2.45) is 5.73 Å².